The van der Waals surface area contributed by atoms with Gasteiger partial charge in [0.2, 0.25) is 0 Å². The molecule has 0 aliphatic heterocycles. The Kier molecular flexibility index (Phi) is 3.92. The van der Waals surface area contributed by atoms with E-state index < -0.39 is 0 Å². The number of hydrogen-bond donors (Lipinski definition) is 1. The number of benzene rings is 1. The van der Waals surface area contributed by atoms with Crippen molar-refractivity contribution in [3.63, 3.8) is 0 Å². The molecule has 0 saturated carbocycles. The fraction of sp³-hybridized carbons (Fsp3) is 0.250. The van der Waals surface area contributed by atoms with E-state index >= 15 is 0 Å². The number of halogens is 2. The van der Waals surface area contributed by atoms with Crippen LogP contribution in [0.3, 0.4) is 0 Å². The smallest absolute Gasteiger partial charge is 0.0900 e. The summed E-state index contributed by atoms with van der Waals surface area (Å²) in [6.07, 6.45) is 0. The lowest BCUT2D eigenvalue weighted by molar-refractivity contribution is 1.11. The first-order chi connectivity index (χ1) is 8.08. The van der Waals surface area contributed by atoms with Gasteiger partial charge in [-0.2, -0.15) is 0 Å². The summed E-state index contributed by atoms with van der Waals surface area (Å²) in [6, 6.07) is 5.47. The second kappa shape index (κ2) is 5.25. The standard InChI is InChI=1S/C12H12Cl2N2S/c1-7-11(17-8(2)16-7)6-15-12-9(13)4-3-5-10(12)14/h3-5,15H,6H2,1-2H3. The number of nitrogens with one attached hydrogen (secondary N) is 1. The Balaban J connectivity index is 2.15. The molecule has 1 aromatic carbocycles. The van der Waals surface area contributed by atoms with Gasteiger partial charge in [-0.25, -0.2) is 4.98 Å². The molecular formula is C12H12Cl2N2S. The Morgan fingerprint density at radius 3 is 2.41 bits per heavy atom. The molecule has 2 nitrogen and oxygen atoms in total. The van der Waals surface area contributed by atoms with Crippen LogP contribution in [0.5, 0.6) is 0 Å². The predicted octanol–water partition coefficient (Wildman–Crippen LogP) is 4.68. The number of aryl methyl sites for hydroxylation is 2. The van der Waals surface area contributed by atoms with Crippen LogP contribution in [-0.2, 0) is 6.54 Å². The molecule has 1 heterocycles. The topological polar surface area (TPSA) is 24.9 Å². The van der Waals surface area contributed by atoms with Gasteiger partial charge in [-0.15, -0.1) is 11.3 Å². The van der Waals surface area contributed by atoms with Gasteiger partial charge in [-0.1, -0.05) is 29.3 Å². The van der Waals surface area contributed by atoms with E-state index in [1.807, 2.05) is 32.0 Å². The Hall–Kier alpha value is -0.770. The third kappa shape index (κ3) is 2.92. The first kappa shape index (κ1) is 12.7. The average Bonchev–Trinajstić information content (AvgIpc) is 2.57. The first-order valence-electron chi connectivity index (χ1n) is 5.18. The SMILES string of the molecule is Cc1nc(C)c(CNc2c(Cl)cccc2Cl)s1. The molecule has 0 fully saturated rings. The van der Waals surface area contributed by atoms with Crippen LogP contribution in [-0.4, -0.2) is 4.98 Å². The number of thiazole rings is 1. The molecule has 2 rings (SSSR count). The molecule has 1 N–H and O–H groups in total. The van der Waals surface area contributed by atoms with Crippen molar-refractivity contribution in [1.29, 1.82) is 0 Å². The summed E-state index contributed by atoms with van der Waals surface area (Å²) in [5, 5.41) is 5.60. The van der Waals surface area contributed by atoms with Gasteiger partial charge in [-0.3, -0.25) is 0 Å². The van der Waals surface area contributed by atoms with Gasteiger partial charge in [0.25, 0.3) is 0 Å². The van der Waals surface area contributed by atoms with E-state index in [0.717, 1.165) is 16.4 Å². The van der Waals surface area contributed by atoms with E-state index in [-0.39, 0.29) is 0 Å². The third-order valence-corrected chi connectivity index (χ3v) is 4.09. The van der Waals surface area contributed by atoms with Crippen molar-refractivity contribution >= 4 is 40.2 Å². The van der Waals surface area contributed by atoms with Crippen LogP contribution < -0.4 is 5.32 Å². The Bertz CT molecular complexity index is 517. The third-order valence-electron chi connectivity index (χ3n) is 2.39. The minimum atomic E-state index is 0.636. The molecule has 0 spiro atoms. The van der Waals surface area contributed by atoms with Crippen LogP contribution >= 0.6 is 34.5 Å². The molecule has 0 amide bonds. The quantitative estimate of drug-likeness (QED) is 0.886. The van der Waals surface area contributed by atoms with E-state index in [1.165, 1.54) is 4.88 Å². The fourth-order valence-corrected chi connectivity index (χ4v) is 2.98. The molecule has 5 heteroatoms. The van der Waals surface area contributed by atoms with Crippen LogP contribution in [0, 0.1) is 13.8 Å². The molecule has 0 aliphatic carbocycles. The molecule has 17 heavy (non-hydrogen) atoms. The summed E-state index contributed by atoms with van der Waals surface area (Å²) in [5.74, 6) is 0. The lowest BCUT2D eigenvalue weighted by atomic mass is 10.3. The van der Waals surface area contributed by atoms with Gasteiger partial charge in [0.15, 0.2) is 0 Å². The Morgan fingerprint density at radius 2 is 1.88 bits per heavy atom. The number of rotatable bonds is 3. The number of para-hydroxylation sites is 1. The van der Waals surface area contributed by atoms with E-state index in [9.17, 15) is 0 Å². The predicted molar refractivity (Wildman–Crippen MR) is 75.4 cm³/mol. The largest absolute Gasteiger partial charge is 0.378 e. The van der Waals surface area contributed by atoms with Crippen LogP contribution in [0.25, 0.3) is 0 Å². The summed E-state index contributed by atoms with van der Waals surface area (Å²) in [4.78, 5) is 5.59. The molecule has 90 valence electrons. The fourth-order valence-electron chi connectivity index (χ4n) is 1.57. The normalized spacial score (nSPS) is 10.6. The van der Waals surface area contributed by atoms with Gasteiger partial charge in [0.05, 0.1) is 33.0 Å². The highest BCUT2D eigenvalue weighted by atomic mass is 35.5. The summed E-state index contributed by atoms with van der Waals surface area (Å²) in [6.45, 7) is 4.71. The number of hydrogen-bond acceptors (Lipinski definition) is 3. The zero-order valence-corrected chi connectivity index (χ0v) is 11.9. The lowest BCUT2D eigenvalue weighted by Crippen LogP contribution is -2.00. The van der Waals surface area contributed by atoms with Crippen LogP contribution in [0.1, 0.15) is 15.6 Å². The van der Waals surface area contributed by atoms with E-state index in [1.54, 1.807) is 11.3 Å². The number of nitrogens with zero attached hydrogens (tertiary/aromatic N) is 1. The summed E-state index contributed by atoms with van der Waals surface area (Å²) < 4.78 is 0. The van der Waals surface area contributed by atoms with Gasteiger partial charge in [-0.05, 0) is 26.0 Å². The maximum absolute atomic E-state index is 6.08. The van der Waals surface area contributed by atoms with E-state index in [2.05, 4.69) is 10.3 Å². The summed E-state index contributed by atoms with van der Waals surface area (Å²) in [5.41, 5.74) is 1.84. The number of aromatic nitrogens is 1. The van der Waals surface area contributed by atoms with E-state index in [0.29, 0.717) is 16.6 Å². The van der Waals surface area contributed by atoms with Gasteiger partial charge < -0.3 is 5.32 Å². The van der Waals surface area contributed by atoms with Crippen LogP contribution in [0.15, 0.2) is 18.2 Å². The minimum Gasteiger partial charge on any atom is -0.378 e. The Labute approximate surface area is 115 Å². The first-order valence-corrected chi connectivity index (χ1v) is 6.76. The number of anilines is 1. The van der Waals surface area contributed by atoms with Crippen molar-refractivity contribution in [3.05, 3.63) is 43.8 Å². The molecule has 0 aliphatic rings. The highest BCUT2D eigenvalue weighted by Crippen LogP contribution is 2.30. The van der Waals surface area contributed by atoms with Crippen molar-refractivity contribution in [2.75, 3.05) is 5.32 Å². The van der Waals surface area contributed by atoms with Crippen molar-refractivity contribution in [1.82, 2.24) is 4.98 Å². The maximum atomic E-state index is 6.08. The zero-order chi connectivity index (χ0) is 12.4. The van der Waals surface area contributed by atoms with Gasteiger partial charge in [0, 0.05) is 4.88 Å². The summed E-state index contributed by atoms with van der Waals surface area (Å²) >= 11 is 13.8. The maximum Gasteiger partial charge on any atom is 0.0900 e. The van der Waals surface area contributed by atoms with Crippen molar-refractivity contribution < 1.29 is 0 Å². The second-order valence-electron chi connectivity index (χ2n) is 3.69. The van der Waals surface area contributed by atoms with Crippen LogP contribution in [0.2, 0.25) is 10.0 Å². The van der Waals surface area contributed by atoms with Gasteiger partial charge >= 0.3 is 0 Å². The second-order valence-corrected chi connectivity index (χ2v) is 5.79. The lowest BCUT2D eigenvalue weighted by Gasteiger charge is -2.09. The van der Waals surface area contributed by atoms with Gasteiger partial charge in [0.1, 0.15) is 0 Å². The van der Waals surface area contributed by atoms with E-state index in [4.69, 9.17) is 23.2 Å². The van der Waals surface area contributed by atoms with Crippen molar-refractivity contribution in [3.8, 4) is 0 Å². The minimum absolute atomic E-state index is 0.636. The van der Waals surface area contributed by atoms with Crippen molar-refractivity contribution in [2.24, 2.45) is 0 Å². The monoisotopic (exact) mass is 286 g/mol. The van der Waals surface area contributed by atoms with Crippen LogP contribution in [0.4, 0.5) is 5.69 Å². The molecule has 0 bridgehead atoms. The molecule has 0 radical (unpaired) electrons. The molecule has 0 unspecified atom stereocenters. The molecular weight excluding hydrogens is 275 g/mol. The molecule has 1 aromatic heterocycles. The zero-order valence-electron chi connectivity index (χ0n) is 9.55. The highest BCUT2D eigenvalue weighted by molar-refractivity contribution is 7.11. The molecule has 0 atom stereocenters. The summed E-state index contributed by atoms with van der Waals surface area (Å²) in [7, 11) is 0. The Morgan fingerprint density at radius 1 is 1.24 bits per heavy atom. The van der Waals surface area contributed by atoms with Crippen molar-refractivity contribution in [2.45, 2.75) is 20.4 Å². The molecule has 2 aromatic rings. The highest BCUT2D eigenvalue weighted by Gasteiger charge is 2.08. The average molecular weight is 287 g/mol. The molecule has 0 saturated heterocycles.